The summed E-state index contributed by atoms with van der Waals surface area (Å²) in [5, 5.41) is 6.24. The van der Waals surface area contributed by atoms with Crippen LogP contribution >= 0.6 is 11.3 Å². The van der Waals surface area contributed by atoms with Gasteiger partial charge in [-0.2, -0.15) is 0 Å². The van der Waals surface area contributed by atoms with E-state index >= 15 is 0 Å². The number of thiazole rings is 1. The highest BCUT2D eigenvalue weighted by molar-refractivity contribution is 7.09. The van der Waals surface area contributed by atoms with E-state index in [9.17, 15) is 4.79 Å². The van der Waals surface area contributed by atoms with Crippen molar-refractivity contribution >= 4 is 22.9 Å². The Balaban J connectivity index is 1.71. The largest absolute Gasteiger partial charge is 0.379 e. The third-order valence-electron chi connectivity index (χ3n) is 3.73. The van der Waals surface area contributed by atoms with Crippen molar-refractivity contribution in [2.75, 3.05) is 12.4 Å². The van der Waals surface area contributed by atoms with Gasteiger partial charge in [0.1, 0.15) is 5.01 Å². The molecular formula is C19H20N4OS. The fraction of sp³-hybridized carbons (Fsp3) is 0.211. The minimum absolute atomic E-state index is 0.0306. The van der Waals surface area contributed by atoms with Crippen molar-refractivity contribution in [3.8, 4) is 0 Å². The number of nitrogens with zero attached hydrogens (tertiary/aromatic N) is 3. The van der Waals surface area contributed by atoms with Crippen molar-refractivity contribution in [1.82, 2.24) is 14.9 Å². The average Bonchev–Trinajstić information content (AvgIpc) is 3.05. The van der Waals surface area contributed by atoms with Crippen LogP contribution in [-0.2, 0) is 13.1 Å². The van der Waals surface area contributed by atoms with E-state index in [-0.39, 0.29) is 5.91 Å². The molecule has 0 spiro atoms. The van der Waals surface area contributed by atoms with E-state index in [2.05, 4.69) is 15.3 Å². The van der Waals surface area contributed by atoms with Gasteiger partial charge in [0, 0.05) is 30.0 Å². The first kappa shape index (κ1) is 17.1. The van der Waals surface area contributed by atoms with Crippen molar-refractivity contribution in [3.05, 3.63) is 76.0 Å². The predicted molar refractivity (Wildman–Crippen MR) is 101 cm³/mol. The van der Waals surface area contributed by atoms with Gasteiger partial charge in [0.15, 0.2) is 0 Å². The molecule has 0 fully saturated rings. The number of aryl methyl sites for hydroxylation is 1. The van der Waals surface area contributed by atoms with E-state index in [0.717, 1.165) is 22.1 Å². The molecule has 0 saturated carbocycles. The van der Waals surface area contributed by atoms with Gasteiger partial charge in [0.2, 0.25) is 0 Å². The van der Waals surface area contributed by atoms with Crippen LogP contribution in [0.4, 0.5) is 5.69 Å². The van der Waals surface area contributed by atoms with Crippen molar-refractivity contribution in [3.63, 3.8) is 0 Å². The van der Waals surface area contributed by atoms with Crippen LogP contribution in [0.2, 0.25) is 0 Å². The molecule has 25 heavy (non-hydrogen) atoms. The standard InChI is InChI=1S/C19H20N4OS/c1-14-13-25-18(22-14)12-23(2)19(24)16-8-3-4-9-17(16)21-11-15-7-5-6-10-20-15/h3-10,13,21H,11-12H2,1-2H3. The molecule has 3 rings (SSSR count). The highest BCUT2D eigenvalue weighted by Gasteiger charge is 2.16. The molecule has 2 heterocycles. The highest BCUT2D eigenvalue weighted by atomic mass is 32.1. The maximum Gasteiger partial charge on any atom is 0.256 e. The molecule has 0 bridgehead atoms. The Morgan fingerprint density at radius 2 is 2.00 bits per heavy atom. The van der Waals surface area contributed by atoms with Crippen molar-refractivity contribution in [2.45, 2.75) is 20.0 Å². The summed E-state index contributed by atoms with van der Waals surface area (Å²) in [7, 11) is 1.80. The normalized spacial score (nSPS) is 10.5. The first-order valence-corrected chi connectivity index (χ1v) is 8.91. The molecule has 2 aromatic heterocycles. The second kappa shape index (κ2) is 7.90. The number of carbonyl (C=O) groups excluding carboxylic acids is 1. The minimum atomic E-state index is -0.0306. The van der Waals surface area contributed by atoms with Gasteiger partial charge < -0.3 is 10.2 Å². The number of nitrogens with one attached hydrogen (secondary N) is 1. The average molecular weight is 352 g/mol. The number of aromatic nitrogens is 2. The Morgan fingerprint density at radius 1 is 1.20 bits per heavy atom. The fourth-order valence-electron chi connectivity index (χ4n) is 2.47. The minimum Gasteiger partial charge on any atom is -0.379 e. The molecule has 128 valence electrons. The molecule has 1 N–H and O–H groups in total. The lowest BCUT2D eigenvalue weighted by molar-refractivity contribution is 0.0786. The van der Waals surface area contributed by atoms with Crippen LogP contribution in [0.15, 0.2) is 54.0 Å². The molecule has 0 aliphatic rings. The maximum absolute atomic E-state index is 12.8. The Bertz CT molecular complexity index is 847. The summed E-state index contributed by atoms with van der Waals surface area (Å²) in [4.78, 5) is 23.3. The number of carbonyl (C=O) groups is 1. The number of benzene rings is 1. The van der Waals surface area contributed by atoms with Crippen LogP contribution in [0.5, 0.6) is 0 Å². The van der Waals surface area contributed by atoms with Crippen LogP contribution in [-0.4, -0.2) is 27.8 Å². The molecule has 1 amide bonds. The summed E-state index contributed by atoms with van der Waals surface area (Å²) in [6.45, 7) is 3.03. The van der Waals surface area contributed by atoms with Crippen LogP contribution in [0.1, 0.15) is 26.8 Å². The van der Waals surface area contributed by atoms with Gasteiger partial charge in [-0.25, -0.2) is 4.98 Å². The molecule has 6 heteroatoms. The zero-order valence-electron chi connectivity index (χ0n) is 14.3. The van der Waals surface area contributed by atoms with Crippen LogP contribution < -0.4 is 5.32 Å². The van der Waals surface area contributed by atoms with Gasteiger partial charge in [-0.3, -0.25) is 9.78 Å². The van der Waals surface area contributed by atoms with Gasteiger partial charge in [-0.15, -0.1) is 11.3 Å². The number of rotatable bonds is 6. The molecule has 1 aromatic carbocycles. The smallest absolute Gasteiger partial charge is 0.256 e. The van der Waals surface area contributed by atoms with Crippen LogP contribution in [0, 0.1) is 6.92 Å². The lowest BCUT2D eigenvalue weighted by Crippen LogP contribution is -2.27. The first-order valence-electron chi connectivity index (χ1n) is 8.03. The summed E-state index contributed by atoms with van der Waals surface area (Å²) in [6, 6.07) is 13.3. The Labute approximate surface area is 151 Å². The number of hydrogen-bond donors (Lipinski definition) is 1. The molecule has 0 aliphatic carbocycles. The molecule has 0 saturated heterocycles. The molecule has 5 nitrogen and oxygen atoms in total. The van der Waals surface area contributed by atoms with Crippen molar-refractivity contribution in [2.24, 2.45) is 0 Å². The summed E-state index contributed by atoms with van der Waals surface area (Å²) in [6.07, 6.45) is 1.76. The van der Waals surface area contributed by atoms with E-state index in [0.29, 0.717) is 18.7 Å². The zero-order chi connectivity index (χ0) is 17.6. The molecule has 0 unspecified atom stereocenters. The number of para-hydroxylation sites is 1. The van der Waals surface area contributed by atoms with Gasteiger partial charge in [0.05, 0.1) is 24.3 Å². The molecule has 0 radical (unpaired) electrons. The van der Waals surface area contributed by atoms with Crippen molar-refractivity contribution in [1.29, 1.82) is 0 Å². The van der Waals surface area contributed by atoms with E-state index < -0.39 is 0 Å². The third kappa shape index (κ3) is 4.42. The quantitative estimate of drug-likeness (QED) is 0.734. The van der Waals surface area contributed by atoms with Crippen molar-refractivity contribution < 1.29 is 4.79 Å². The summed E-state index contributed by atoms with van der Waals surface area (Å²) >= 11 is 1.57. The number of amides is 1. The summed E-state index contributed by atoms with van der Waals surface area (Å²) in [5.74, 6) is -0.0306. The zero-order valence-corrected chi connectivity index (χ0v) is 15.1. The Morgan fingerprint density at radius 3 is 2.72 bits per heavy atom. The number of pyridine rings is 1. The van der Waals surface area contributed by atoms with E-state index in [1.165, 1.54) is 0 Å². The Hall–Kier alpha value is -2.73. The number of anilines is 1. The number of hydrogen-bond acceptors (Lipinski definition) is 5. The lowest BCUT2D eigenvalue weighted by atomic mass is 10.1. The third-order valence-corrected chi connectivity index (χ3v) is 4.68. The first-order chi connectivity index (χ1) is 12.1. The topological polar surface area (TPSA) is 58.1 Å². The lowest BCUT2D eigenvalue weighted by Gasteiger charge is -2.18. The van der Waals surface area contributed by atoms with E-state index in [1.807, 2.05) is 54.8 Å². The predicted octanol–water partition coefficient (Wildman–Crippen LogP) is 3.73. The van der Waals surface area contributed by atoms with Gasteiger partial charge in [-0.05, 0) is 31.2 Å². The second-order valence-corrected chi connectivity index (χ2v) is 6.71. The molecule has 0 aliphatic heterocycles. The summed E-state index contributed by atoms with van der Waals surface area (Å²) < 4.78 is 0. The van der Waals surface area contributed by atoms with E-state index in [1.54, 1.807) is 29.5 Å². The highest BCUT2D eigenvalue weighted by Crippen LogP contribution is 2.19. The maximum atomic E-state index is 12.8. The van der Waals surface area contributed by atoms with Gasteiger partial charge >= 0.3 is 0 Å². The van der Waals surface area contributed by atoms with Crippen LogP contribution in [0.25, 0.3) is 0 Å². The molecule has 0 atom stereocenters. The Kier molecular flexibility index (Phi) is 5.40. The van der Waals surface area contributed by atoms with Crippen LogP contribution in [0.3, 0.4) is 0 Å². The van der Waals surface area contributed by atoms with E-state index in [4.69, 9.17) is 0 Å². The second-order valence-electron chi connectivity index (χ2n) is 5.76. The van der Waals surface area contributed by atoms with Gasteiger partial charge in [-0.1, -0.05) is 18.2 Å². The molecular weight excluding hydrogens is 332 g/mol. The SMILES string of the molecule is Cc1csc(CN(C)C(=O)c2ccccc2NCc2ccccn2)n1. The summed E-state index contributed by atoms with van der Waals surface area (Å²) in [5.41, 5.74) is 3.36. The molecule has 3 aromatic rings. The van der Waals surface area contributed by atoms with Gasteiger partial charge in [0.25, 0.3) is 5.91 Å². The monoisotopic (exact) mass is 352 g/mol. The fourth-order valence-corrected chi connectivity index (χ4v) is 3.29.